The molecule has 0 spiro atoms. The lowest BCUT2D eigenvalue weighted by molar-refractivity contribution is -0.151. The number of allylic oxidation sites excluding steroid dienone is 2. The molecule has 1 N–H and O–H groups in total. The minimum atomic E-state index is -4.43. The second-order valence-corrected chi connectivity index (χ2v) is 14.0. The molecule has 0 aromatic heterocycles. The second kappa shape index (κ2) is 10.4. The van der Waals surface area contributed by atoms with Crippen LogP contribution in [0, 0.1) is 30.8 Å². The lowest BCUT2D eigenvalue weighted by Crippen LogP contribution is -2.37. The summed E-state index contributed by atoms with van der Waals surface area (Å²) in [6.07, 6.45) is 4.48. The Morgan fingerprint density at radius 3 is 1.82 bits per heavy atom. The number of benzene rings is 2. The predicted octanol–water partition coefficient (Wildman–Crippen LogP) is 6.38. The van der Waals surface area contributed by atoms with Crippen molar-refractivity contribution in [2.24, 2.45) is 23.7 Å². The maximum atomic E-state index is 13.2. The lowest BCUT2D eigenvalue weighted by atomic mass is 9.83. The minimum absolute atomic E-state index is 0.128. The van der Waals surface area contributed by atoms with Crippen molar-refractivity contribution in [1.29, 1.82) is 0 Å². The summed E-state index contributed by atoms with van der Waals surface area (Å²) in [4.78, 5) is 26.2. The summed E-state index contributed by atoms with van der Waals surface area (Å²) in [5.74, 6) is -2.47. The number of ether oxygens (including phenoxy) is 2. The minimum Gasteiger partial charge on any atom is -0.426 e. The first-order valence-corrected chi connectivity index (χ1v) is 15.6. The van der Waals surface area contributed by atoms with Crippen LogP contribution in [-0.2, 0) is 19.7 Å². The normalized spacial score (nSPS) is 23.2. The molecule has 7 nitrogen and oxygen atoms in total. The molecule has 4 unspecified atom stereocenters. The molecular weight excluding hydrogens is 890 g/mol. The fourth-order valence-electron chi connectivity index (χ4n) is 4.29. The summed E-state index contributed by atoms with van der Waals surface area (Å²) in [5.41, 5.74) is 0. The molecule has 2 bridgehead atoms. The molecule has 4 atom stereocenters. The van der Waals surface area contributed by atoms with Gasteiger partial charge in [-0.05, 0) is 120 Å². The quantitative estimate of drug-likeness (QED) is 0.122. The van der Waals surface area contributed by atoms with Crippen LogP contribution >= 0.6 is 93.0 Å². The Labute approximate surface area is 247 Å². The molecule has 4 rings (SSSR count). The molecule has 2 aromatic rings. The Bertz CT molecular complexity index is 1300. The van der Waals surface area contributed by atoms with Crippen LogP contribution in [0.4, 0.5) is 0 Å². The maximum absolute atomic E-state index is 13.2. The summed E-state index contributed by atoms with van der Waals surface area (Å²) in [6, 6.07) is 6.21. The monoisotopic (exact) mass is 900 g/mol. The molecule has 0 radical (unpaired) electrons. The summed E-state index contributed by atoms with van der Waals surface area (Å²) >= 11 is 13.7. The number of hydrogen-bond acceptors (Lipinski definition) is 6. The van der Waals surface area contributed by atoms with E-state index in [-0.39, 0.29) is 29.6 Å². The highest BCUT2D eigenvalue weighted by Gasteiger charge is 2.53. The number of carbonyl (C=O) groups excluding carboxylic acids is 2. The van der Waals surface area contributed by atoms with Crippen molar-refractivity contribution < 1.29 is 32.0 Å². The molecule has 1 fully saturated rings. The van der Waals surface area contributed by atoms with Gasteiger partial charge in [0.1, 0.15) is 10.6 Å². The molecular formula is C21H13Br3I2O7S. The Hall–Kier alpha value is -0.0700. The molecule has 34 heavy (non-hydrogen) atoms. The van der Waals surface area contributed by atoms with Crippen LogP contribution in [-0.4, -0.2) is 24.9 Å². The van der Waals surface area contributed by atoms with E-state index in [0.717, 1.165) is 4.47 Å². The third kappa shape index (κ3) is 5.44. The number of rotatable bonds is 5. The Morgan fingerprint density at radius 1 is 0.882 bits per heavy atom. The van der Waals surface area contributed by atoms with Crippen molar-refractivity contribution in [2.45, 2.75) is 11.3 Å². The van der Waals surface area contributed by atoms with Gasteiger partial charge in [0.25, 0.3) is 10.1 Å². The van der Waals surface area contributed by atoms with Gasteiger partial charge >= 0.3 is 11.9 Å². The Morgan fingerprint density at radius 2 is 1.35 bits per heavy atom. The van der Waals surface area contributed by atoms with Crippen molar-refractivity contribution in [3.05, 3.63) is 57.0 Å². The van der Waals surface area contributed by atoms with Crippen LogP contribution in [0.5, 0.6) is 11.5 Å². The van der Waals surface area contributed by atoms with E-state index in [1.54, 1.807) is 57.3 Å². The number of fused-ring (bicyclic) bond motifs is 2. The van der Waals surface area contributed by atoms with Crippen LogP contribution in [0.1, 0.15) is 6.42 Å². The van der Waals surface area contributed by atoms with Gasteiger partial charge in [0, 0.05) is 11.6 Å². The summed E-state index contributed by atoms with van der Waals surface area (Å²) in [7, 11) is -4.43. The first-order chi connectivity index (χ1) is 15.9. The van der Waals surface area contributed by atoms with Gasteiger partial charge in [-0.2, -0.15) is 8.42 Å². The Balaban J connectivity index is 1.58. The van der Waals surface area contributed by atoms with Crippen LogP contribution in [0.3, 0.4) is 0 Å². The molecule has 0 saturated heterocycles. The lowest BCUT2D eigenvalue weighted by Gasteiger charge is -2.25. The number of esters is 2. The zero-order valence-corrected chi connectivity index (χ0v) is 26.6. The Kier molecular flexibility index (Phi) is 8.22. The van der Waals surface area contributed by atoms with Crippen molar-refractivity contribution in [1.82, 2.24) is 0 Å². The molecule has 13 heteroatoms. The van der Waals surface area contributed by atoms with Gasteiger partial charge in [-0.1, -0.05) is 28.1 Å². The predicted molar refractivity (Wildman–Crippen MR) is 150 cm³/mol. The number of carbonyl (C=O) groups is 2. The van der Waals surface area contributed by atoms with Gasteiger partial charge in [0.2, 0.25) is 0 Å². The largest absolute Gasteiger partial charge is 0.426 e. The second-order valence-electron chi connectivity index (χ2n) is 7.73. The molecule has 1 saturated carbocycles. The highest BCUT2D eigenvalue weighted by atomic mass is 127. The fourth-order valence-corrected chi connectivity index (χ4v) is 10.7. The van der Waals surface area contributed by atoms with Crippen molar-refractivity contribution in [2.75, 3.05) is 0 Å². The van der Waals surface area contributed by atoms with E-state index < -0.39 is 33.9 Å². The summed E-state index contributed by atoms with van der Waals surface area (Å²) in [5, 5.41) is 0. The molecule has 0 aliphatic heterocycles. The van der Waals surface area contributed by atoms with E-state index in [1.807, 2.05) is 12.2 Å². The van der Waals surface area contributed by atoms with Crippen LogP contribution in [0.15, 0.2) is 54.7 Å². The molecule has 2 aliphatic carbocycles. The summed E-state index contributed by atoms with van der Waals surface area (Å²) < 4.78 is 46.3. The third-order valence-corrected chi connectivity index (χ3v) is 10.6. The van der Waals surface area contributed by atoms with Gasteiger partial charge in [0.05, 0.1) is 20.8 Å². The molecule has 180 valence electrons. The molecule has 0 amide bonds. The maximum Gasteiger partial charge on any atom is 0.315 e. The number of halogens is 5. The fraction of sp³-hybridized carbons (Fsp3) is 0.238. The average Bonchev–Trinajstić information content (AvgIpc) is 3.30. The average molecular weight is 903 g/mol. The van der Waals surface area contributed by atoms with E-state index >= 15 is 0 Å². The van der Waals surface area contributed by atoms with Gasteiger partial charge in [-0.3, -0.25) is 14.1 Å². The molecule has 2 aromatic carbocycles. The van der Waals surface area contributed by atoms with E-state index in [9.17, 15) is 22.6 Å². The highest BCUT2D eigenvalue weighted by molar-refractivity contribution is 14.1. The topological polar surface area (TPSA) is 107 Å². The van der Waals surface area contributed by atoms with Crippen molar-refractivity contribution >= 4 is 115 Å². The van der Waals surface area contributed by atoms with E-state index in [0.29, 0.717) is 21.1 Å². The first-order valence-electron chi connectivity index (χ1n) is 9.59. The van der Waals surface area contributed by atoms with Crippen molar-refractivity contribution in [3.63, 3.8) is 0 Å². The highest BCUT2D eigenvalue weighted by Crippen LogP contribution is 2.50. The SMILES string of the molecule is O=C(Oc1cc(I)c(S(=O)(=O)O)c(I)c1)C1C2C=CC(C2)C1C(=O)Oc1c(Br)cc(Br)cc1Br. The summed E-state index contributed by atoms with van der Waals surface area (Å²) in [6.45, 7) is 0. The zero-order valence-electron chi connectivity index (χ0n) is 16.7. The molecule has 0 heterocycles. The zero-order chi connectivity index (χ0) is 24.9. The smallest absolute Gasteiger partial charge is 0.315 e. The third-order valence-electron chi connectivity index (χ3n) is 5.62. The van der Waals surface area contributed by atoms with Crippen LogP contribution in [0.2, 0.25) is 0 Å². The van der Waals surface area contributed by atoms with Gasteiger partial charge in [0.15, 0.2) is 5.75 Å². The van der Waals surface area contributed by atoms with Gasteiger partial charge in [-0.15, -0.1) is 0 Å². The van der Waals surface area contributed by atoms with E-state index in [1.165, 1.54) is 12.1 Å². The van der Waals surface area contributed by atoms with Crippen molar-refractivity contribution in [3.8, 4) is 11.5 Å². The number of hydrogen-bond donors (Lipinski definition) is 1. The van der Waals surface area contributed by atoms with Gasteiger partial charge in [-0.25, -0.2) is 0 Å². The van der Waals surface area contributed by atoms with Gasteiger partial charge < -0.3 is 9.47 Å². The van der Waals surface area contributed by atoms with Crippen LogP contribution in [0.25, 0.3) is 0 Å². The van der Waals surface area contributed by atoms with E-state index in [4.69, 9.17) is 9.47 Å². The first kappa shape index (κ1) is 27.0. The standard InChI is InChI=1S/C21H13Br3I2O7S/c22-10-4-12(23)18(13(24)5-10)33-21(28)17-9-2-1-8(3-9)16(17)20(27)32-11-6-14(25)19(15(26)7-11)34(29,30)31/h1-2,4-9,16-17H,3H2,(H,29,30,31). The van der Waals surface area contributed by atoms with Crippen LogP contribution < -0.4 is 9.47 Å². The molecule has 2 aliphatic rings. The van der Waals surface area contributed by atoms with E-state index in [2.05, 4.69) is 47.8 Å².